The quantitative estimate of drug-likeness (QED) is 0.579. The van der Waals surface area contributed by atoms with Crippen molar-refractivity contribution in [3.05, 3.63) is 41.3 Å². The van der Waals surface area contributed by atoms with Crippen LogP contribution in [0.2, 0.25) is 0 Å². The fourth-order valence-electron chi connectivity index (χ4n) is 4.64. The van der Waals surface area contributed by atoms with E-state index in [4.69, 9.17) is 0 Å². The number of nitrogens with zero attached hydrogens (tertiary/aromatic N) is 3. The number of amides is 4. The van der Waals surface area contributed by atoms with Gasteiger partial charge in [-0.1, -0.05) is 37.3 Å². The predicted molar refractivity (Wildman–Crippen MR) is 126 cm³/mol. The lowest BCUT2D eigenvalue weighted by Crippen LogP contribution is -2.54. The molecule has 0 unspecified atom stereocenters. The molecule has 2 aliphatic heterocycles. The first-order valence-corrected chi connectivity index (χ1v) is 13.1. The van der Waals surface area contributed by atoms with E-state index in [1.165, 1.54) is 9.71 Å². The first-order valence-electron chi connectivity index (χ1n) is 11.6. The molecule has 1 aromatic rings. The van der Waals surface area contributed by atoms with Gasteiger partial charge in [-0.05, 0) is 43.2 Å². The Bertz CT molecular complexity index is 1060. The molecule has 1 aliphatic carbocycles. The molecular formula is C23H31N5O5S. The van der Waals surface area contributed by atoms with Gasteiger partial charge >= 0.3 is 6.03 Å². The molecule has 0 radical (unpaired) electrons. The Balaban J connectivity index is 1.26. The molecule has 1 spiro atoms. The van der Waals surface area contributed by atoms with E-state index in [-0.39, 0.29) is 19.6 Å². The van der Waals surface area contributed by atoms with Crippen LogP contribution in [0.3, 0.4) is 0 Å². The summed E-state index contributed by atoms with van der Waals surface area (Å²) in [7, 11) is -3.57. The fraction of sp³-hybridized carbons (Fsp3) is 0.522. The second-order valence-corrected chi connectivity index (χ2v) is 11.1. The topological polar surface area (TPSA) is 119 Å². The van der Waals surface area contributed by atoms with Crippen LogP contribution in [0.1, 0.15) is 38.2 Å². The first kappa shape index (κ1) is 24.4. The molecule has 1 aromatic carbocycles. The molecule has 3 fully saturated rings. The zero-order valence-electron chi connectivity index (χ0n) is 19.3. The predicted octanol–water partition coefficient (Wildman–Crippen LogP) is 1.14. The van der Waals surface area contributed by atoms with Crippen molar-refractivity contribution in [3.8, 4) is 0 Å². The highest BCUT2D eigenvalue weighted by Gasteiger charge is 2.52. The molecule has 3 aliphatic rings. The van der Waals surface area contributed by atoms with Crippen molar-refractivity contribution in [2.45, 2.75) is 38.1 Å². The highest BCUT2D eigenvalue weighted by molar-refractivity contribution is 7.92. The lowest BCUT2D eigenvalue weighted by Gasteiger charge is -2.34. The van der Waals surface area contributed by atoms with E-state index >= 15 is 0 Å². The van der Waals surface area contributed by atoms with E-state index in [2.05, 4.69) is 17.7 Å². The van der Waals surface area contributed by atoms with Gasteiger partial charge in [-0.2, -0.15) is 9.31 Å². The molecule has 2 saturated heterocycles. The van der Waals surface area contributed by atoms with Crippen LogP contribution in [0.5, 0.6) is 0 Å². The summed E-state index contributed by atoms with van der Waals surface area (Å²) in [6.45, 7) is 3.33. The van der Waals surface area contributed by atoms with Crippen molar-refractivity contribution >= 4 is 33.9 Å². The van der Waals surface area contributed by atoms with Crippen LogP contribution in [0.15, 0.2) is 35.7 Å². The average molecular weight is 490 g/mol. The number of hydrazine groups is 1. The number of urea groups is 1. The molecule has 1 saturated carbocycles. The molecule has 2 heterocycles. The zero-order chi connectivity index (χ0) is 24.3. The van der Waals surface area contributed by atoms with Gasteiger partial charge < -0.3 is 5.32 Å². The van der Waals surface area contributed by atoms with Gasteiger partial charge in [-0.15, -0.1) is 0 Å². The Morgan fingerprint density at radius 1 is 1.12 bits per heavy atom. The molecule has 11 heteroatoms. The Morgan fingerprint density at radius 2 is 1.76 bits per heavy atom. The average Bonchev–Trinajstić information content (AvgIpc) is 3.05. The van der Waals surface area contributed by atoms with E-state index in [1.54, 1.807) is 11.0 Å². The van der Waals surface area contributed by atoms with Crippen molar-refractivity contribution in [1.29, 1.82) is 0 Å². The molecule has 10 nitrogen and oxygen atoms in total. The van der Waals surface area contributed by atoms with Crippen LogP contribution >= 0.6 is 0 Å². The molecule has 0 atom stereocenters. The summed E-state index contributed by atoms with van der Waals surface area (Å²) in [4.78, 5) is 39.6. The van der Waals surface area contributed by atoms with Crippen LogP contribution in [0.25, 0.3) is 6.08 Å². The van der Waals surface area contributed by atoms with Gasteiger partial charge in [0.1, 0.15) is 5.54 Å². The number of piperazine rings is 1. The highest BCUT2D eigenvalue weighted by atomic mass is 32.2. The molecule has 2 N–H and O–H groups in total. The second kappa shape index (κ2) is 9.85. The lowest BCUT2D eigenvalue weighted by molar-refractivity contribution is -0.140. The number of sulfonamides is 1. The minimum Gasteiger partial charge on any atom is -0.322 e. The summed E-state index contributed by atoms with van der Waals surface area (Å²) in [5, 5.41) is 4.77. The van der Waals surface area contributed by atoms with E-state index in [0.717, 1.165) is 23.4 Å². The third kappa shape index (κ3) is 5.31. The third-order valence-electron chi connectivity index (χ3n) is 6.82. The Labute approximate surface area is 200 Å². The van der Waals surface area contributed by atoms with Gasteiger partial charge in [0.2, 0.25) is 10.0 Å². The SMILES string of the molecule is CC1CCC2(CC1)NC(=O)N(NC(=O)CN1CCN(S(=O)(=O)/C=C/c3ccccc3)CC1)C2=O. The molecule has 4 amide bonds. The van der Waals surface area contributed by atoms with Crippen molar-refractivity contribution in [2.24, 2.45) is 5.92 Å². The number of rotatable bonds is 6. The van der Waals surface area contributed by atoms with Gasteiger partial charge in [0.15, 0.2) is 0 Å². The van der Waals surface area contributed by atoms with Crippen molar-refractivity contribution < 1.29 is 22.8 Å². The van der Waals surface area contributed by atoms with Crippen molar-refractivity contribution in [1.82, 2.24) is 25.0 Å². The summed E-state index contributed by atoms with van der Waals surface area (Å²) < 4.78 is 26.6. The second-order valence-electron chi connectivity index (χ2n) is 9.30. The van der Waals surface area contributed by atoms with E-state index in [9.17, 15) is 22.8 Å². The molecule has 0 aromatic heterocycles. The van der Waals surface area contributed by atoms with E-state index in [0.29, 0.717) is 31.8 Å². The molecule has 34 heavy (non-hydrogen) atoms. The number of hydrogen-bond acceptors (Lipinski definition) is 6. The Kier molecular flexibility index (Phi) is 7.06. The number of carbonyl (C=O) groups excluding carboxylic acids is 3. The monoisotopic (exact) mass is 489 g/mol. The Morgan fingerprint density at radius 3 is 2.41 bits per heavy atom. The van der Waals surface area contributed by atoms with Crippen LogP contribution in [0.4, 0.5) is 4.79 Å². The lowest BCUT2D eigenvalue weighted by atomic mass is 9.77. The highest BCUT2D eigenvalue weighted by Crippen LogP contribution is 2.35. The number of hydrogen-bond donors (Lipinski definition) is 2. The van der Waals surface area contributed by atoms with Gasteiger partial charge in [0.25, 0.3) is 11.8 Å². The first-order chi connectivity index (χ1) is 16.2. The number of nitrogens with one attached hydrogen (secondary N) is 2. The largest absolute Gasteiger partial charge is 0.344 e. The molecule has 4 rings (SSSR count). The van der Waals surface area contributed by atoms with Crippen molar-refractivity contribution in [3.63, 3.8) is 0 Å². The van der Waals surface area contributed by atoms with Crippen molar-refractivity contribution in [2.75, 3.05) is 32.7 Å². The minimum absolute atomic E-state index is 0.0329. The maximum absolute atomic E-state index is 12.9. The van der Waals surface area contributed by atoms with E-state index in [1.807, 2.05) is 30.3 Å². The van der Waals surface area contributed by atoms with Gasteiger partial charge in [-0.25, -0.2) is 13.2 Å². The van der Waals surface area contributed by atoms with Gasteiger partial charge in [-0.3, -0.25) is 19.9 Å². The van der Waals surface area contributed by atoms with Crippen LogP contribution < -0.4 is 10.7 Å². The zero-order valence-corrected chi connectivity index (χ0v) is 20.1. The fourth-order valence-corrected chi connectivity index (χ4v) is 5.81. The third-order valence-corrected chi connectivity index (χ3v) is 8.38. The van der Waals surface area contributed by atoms with Gasteiger partial charge in [0, 0.05) is 31.6 Å². The van der Waals surface area contributed by atoms with Crippen LogP contribution in [0, 0.1) is 5.92 Å². The van der Waals surface area contributed by atoms with E-state index < -0.39 is 33.4 Å². The summed E-state index contributed by atoms with van der Waals surface area (Å²) in [5.74, 6) is -0.376. The van der Waals surface area contributed by atoms with Crippen LogP contribution in [-0.4, -0.2) is 78.7 Å². The number of benzene rings is 1. The smallest absolute Gasteiger partial charge is 0.322 e. The summed E-state index contributed by atoms with van der Waals surface area (Å²) in [6.07, 6.45) is 4.40. The van der Waals surface area contributed by atoms with Crippen LogP contribution in [-0.2, 0) is 19.6 Å². The molecule has 0 bridgehead atoms. The normalized spacial score (nSPS) is 26.9. The maximum atomic E-state index is 12.9. The standard InChI is InChI=1S/C23H31N5O5S/c1-18-7-10-23(11-8-18)21(30)28(22(31)24-23)25-20(29)17-26-12-14-27(15-13-26)34(32,33)16-9-19-5-3-2-4-6-19/h2-6,9,16,18H,7-8,10-15,17H2,1H3,(H,24,31)(H,25,29)/b16-9+. The minimum atomic E-state index is -3.57. The number of imide groups is 1. The summed E-state index contributed by atoms with van der Waals surface area (Å²) in [5.41, 5.74) is 2.32. The Hall–Kier alpha value is -2.76. The number of carbonyl (C=O) groups is 3. The summed E-state index contributed by atoms with van der Waals surface area (Å²) >= 11 is 0. The molecule has 184 valence electrons. The molecular weight excluding hydrogens is 458 g/mol. The maximum Gasteiger partial charge on any atom is 0.344 e. The summed E-state index contributed by atoms with van der Waals surface area (Å²) in [6, 6.07) is 8.58. The van der Waals surface area contributed by atoms with Gasteiger partial charge in [0.05, 0.1) is 6.54 Å².